The summed E-state index contributed by atoms with van der Waals surface area (Å²) in [5.74, 6) is -2.68. The van der Waals surface area contributed by atoms with Crippen LogP contribution in [0, 0.1) is 19.7 Å². The summed E-state index contributed by atoms with van der Waals surface area (Å²) in [7, 11) is 0. The number of hydrogen-bond acceptors (Lipinski definition) is 6. The molecule has 0 bridgehead atoms. The minimum absolute atomic E-state index is 0.0927. The van der Waals surface area contributed by atoms with E-state index >= 15 is 0 Å². The van der Waals surface area contributed by atoms with E-state index in [1.165, 1.54) is 16.9 Å². The average molecular weight is 420 g/mol. The third-order valence-electron chi connectivity index (χ3n) is 4.61. The molecule has 0 aliphatic heterocycles. The molecule has 156 valence electrons. The molecule has 0 radical (unpaired) electrons. The Bertz CT molecular complexity index is 1320. The Morgan fingerprint density at radius 3 is 2.42 bits per heavy atom. The SMILES string of the molecule is Cc1nc2cc(F)cc(C(=O)NNC(=O)c3nn(-c4ccccc4)cc3O)c2nc1C. The summed E-state index contributed by atoms with van der Waals surface area (Å²) in [6.07, 6.45) is 1.27. The van der Waals surface area contributed by atoms with Crippen molar-refractivity contribution in [2.75, 3.05) is 0 Å². The number of rotatable bonds is 3. The van der Waals surface area contributed by atoms with Gasteiger partial charge in [-0.25, -0.2) is 19.0 Å². The van der Waals surface area contributed by atoms with Crippen molar-refractivity contribution < 1.29 is 19.1 Å². The van der Waals surface area contributed by atoms with Crippen molar-refractivity contribution in [1.29, 1.82) is 0 Å². The van der Waals surface area contributed by atoms with E-state index in [4.69, 9.17) is 0 Å². The summed E-state index contributed by atoms with van der Waals surface area (Å²) in [4.78, 5) is 33.6. The van der Waals surface area contributed by atoms with Crippen molar-refractivity contribution in [3.63, 3.8) is 0 Å². The Morgan fingerprint density at radius 1 is 1.00 bits per heavy atom. The molecule has 0 fully saturated rings. The summed E-state index contributed by atoms with van der Waals surface area (Å²) in [5.41, 5.74) is 6.24. The Balaban J connectivity index is 1.55. The van der Waals surface area contributed by atoms with Gasteiger partial charge in [0.05, 0.1) is 34.4 Å². The van der Waals surface area contributed by atoms with Gasteiger partial charge in [-0.2, -0.15) is 5.10 Å². The number of hydrazine groups is 1. The van der Waals surface area contributed by atoms with E-state index in [1.54, 1.807) is 38.1 Å². The van der Waals surface area contributed by atoms with Gasteiger partial charge in [0.2, 0.25) is 0 Å². The number of fused-ring (bicyclic) bond motifs is 1. The van der Waals surface area contributed by atoms with E-state index in [1.807, 2.05) is 6.07 Å². The fraction of sp³-hybridized carbons (Fsp3) is 0.0952. The molecule has 0 aliphatic carbocycles. The van der Waals surface area contributed by atoms with Gasteiger partial charge in [0.15, 0.2) is 11.4 Å². The van der Waals surface area contributed by atoms with E-state index < -0.39 is 17.6 Å². The highest BCUT2D eigenvalue weighted by atomic mass is 19.1. The third kappa shape index (κ3) is 3.90. The summed E-state index contributed by atoms with van der Waals surface area (Å²) in [5, 5.41) is 14.1. The number of nitrogens with zero attached hydrogens (tertiary/aromatic N) is 4. The van der Waals surface area contributed by atoms with Gasteiger partial charge in [0.1, 0.15) is 11.3 Å². The number of carbonyl (C=O) groups is 2. The lowest BCUT2D eigenvalue weighted by molar-refractivity contribution is 0.0842. The smallest absolute Gasteiger partial charge is 0.294 e. The number of aromatic hydroxyl groups is 1. The van der Waals surface area contributed by atoms with Crippen molar-refractivity contribution in [2.45, 2.75) is 13.8 Å². The van der Waals surface area contributed by atoms with Gasteiger partial charge in [-0.15, -0.1) is 0 Å². The van der Waals surface area contributed by atoms with E-state index in [0.717, 1.165) is 6.07 Å². The summed E-state index contributed by atoms with van der Waals surface area (Å²) < 4.78 is 15.3. The number of aromatic nitrogens is 4. The first-order chi connectivity index (χ1) is 14.8. The molecule has 0 saturated heterocycles. The molecule has 4 rings (SSSR count). The Morgan fingerprint density at radius 2 is 1.68 bits per heavy atom. The molecule has 0 unspecified atom stereocenters. The largest absolute Gasteiger partial charge is 0.504 e. The van der Waals surface area contributed by atoms with Crippen molar-refractivity contribution in [3.05, 3.63) is 77.1 Å². The van der Waals surface area contributed by atoms with Crippen LogP contribution >= 0.6 is 0 Å². The minimum atomic E-state index is -0.848. The first-order valence-electron chi connectivity index (χ1n) is 9.22. The quantitative estimate of drug-likeness (QED) is 0.438. The predicted molar refractivity (Wildman–Crippen MR) is 109 cm³/mol. The second kappa shape index (κ2) is 7.82. The Hall–Kier alpha value is -4.34. The molecule has 0 saturated carbocycles. The van der Waals surface area contributed by atoms with Gasteiger partial charge >= 0.3 is 0 Å². The van der Waals surface area contributed by atoms with Crippen LogP contribution < -0.4 is 10.9 Å². The number of benzene rings is 2. The van der Waals surface area contributed by atoms with Crippen LogP contribution in [0.5, 0.6) is 5.75 Å². The molecule has 31 heavy (non-hydrogen) atoms. The first kappa shape index (κ1) is 20.0. The number of hydrogen-bond donors (Lipinski definition) is 3. The lowest BCUT2D eigenvalue weighted by atomic mass is 10.1. The van der Waals surface area contributed by atoms with Crippen molar-refractivity contribution in [2.24, 2.45) is 0 Å². The van der Waals surface area contributed by atoms with Crippen LogP contribution in [-0.2, 0) is 0 Å². The molecule has 0 atom stereocenters. The zero-order chi connectivity index (χ0) is 22.1. The molecule has 3 N–H and O–H groups in total. The second-order valence-electron chi connectivity index (χ2n) is 6.77. The van der Waals surface area contributed by atoms with E-state index in [2.05, 4.69) is 25.9 Å². The van der Waals surface area contributed by atoms with Crippen LogP contribution in [0.1, 0.15) is 32.2 Å². The fourth-order valence-electron chi connectivity index (χ4n) is 2.95. The Kier molecular flexibility index (Phi) is 5.04. The highest BCUT2D eigenvalue weighted by molar-refractivity contribution is 6.06. The lowest BCUT2D eigenvalue weighted by Gasteiger charge is -2.10. The van der Waals surface area contributed by atoms with E-state index in [-0.39, 0.29) is 28.0 Å². The van der Waals surface area contributed by atoms with Gasteiger partial charge in [-0.05, 0) is 32.0 Å². The van der Waals surface area contributed by atoms with Gasteiger partial charge < -0.3 is 5.11 Å². The van der Waals surface area contributed by atoms with Gasteiger partial charge in [-0.3, -0.25) is 20.4 Å². The maximum atomic E-state index is 14.0. The van der Waals surface area contributed by atoms with E-state index in [9.17, 15) is 19.1 Å². The second-order valence-corrected chi connectivity index (χ2v) is 6.77. The molecule has 2 heterocycles. The molecular formula is C21H17FN6O3. The monoisotopic (exact) mass is 420 g/mol. The summed E-state index contributed by atoms with van der Waals surface area (Å²) >= 11 is 0. The summed E-state index contributed by atoms with van der Waals surface area (Å²) in [6.45, 7) is 3.45. The van der Waals surface area contributed by atoms with Crippen LogP contribution in [0.4, 0.5) is 4.39 Å². The van der Waals surface area contributed by atoms with Gasteiger partial charge in [0, 0.05) is 6.07 Å². The summed E-state index contributed by atoms with van der Waals surface area (Å²) in [6, 6.07) is 11.1. The number of para-hydroxylation sites is 1. The highest BCUT2D eigenvalue weighted by Crippen LogP contribution is 2.20. The zero-order valence-corrected chi connectivity index (χ0v) is 16.5. The van der Waals surface area contributed by atoms with E-state index in [0.29, 0.717) is 17.1 Å². The standard InChI is InChI=1S/C21H17FN6O3/c1-11-12(2)24-18-15(8-13(22)9-16(18)23-11)20(30)25-26-21(31)19-17(29)10-28(27-19)14-6-4-3-5-7-14/h3-10,29H,1-2H3,(H,25,30)(H,26,31). The predicted octanol–water partition coefficient (Wildman–Crippen LogP) is 2.35. The number of carbonyl (C=O) groups excluding carboxylic acids is 2. The van der Waals surface area contributed by atoms with Crippen molar-refractivity contribution in [1.82, 2.24) is 30.6 Å². The molecule has 0 aliphatic rings. The topological polar surface area (TPSA) is 122 Å². The van der Waals surface area contributed by atoms with Crippen LogP contribution in [0.15, 0.2) is 48.7 Å². The molecule has 2 aromatic heterocycles. The fourth-order valence-corrected chi connectivity index (χ4v) is 2.95. The minimum Gasteiger partial charge on any atom is -0.504 e. The van der Waals surface area contributed by atoms with Gasteiger partial charge in [0.25, 0.3) is 11.8 Å². The third-order valence-corrected chi connectivity index (χ3v) is 4.61. The maximum absolute atomic E-state index is 14.0. The van der Waals surface area contributed by atoms with Crippen LogP contribution in [0.2, 0.25) is 0 Å². The number of amides is 2. The number of aryl methyl sites for hydroxylation is 2. The molecule has 10 heteroatoms. The maximum Gasteiger partial charge on any atom is 0.294 e. The average Bonchev–Trinajstić information content (AvgIpc) is 3.15. The normalized spacial score (nSPS) is 10.8. The lowest BCUT2D eigenvalue weighted by Crippen LogP contribution is -2.42. The zero-order valence-electron chi connectivity index (χ0n) is 16.5. The van der Waals surface area contributed by atoms with Gasteiger partial charge in [-0.1, -0.05) is 18.2 Å². The molecule has 4 aromatic rings. The van der Waals surface area contributed by atoms with Crippen molar-refractivity contribution in [3.8, 4) is 11.4 Å². The highest BCUT2D eigenvalue weighted by Gasteiger charge is 2.20. The molecule has 9 nitrogen and oxygen atoms in total. The molecule has 2 amide bonds. The Labute approximate surface area is 175 Å². The van der Waals surface area contributed by atoms with Crippen LogP contribution in [-0.4, -0.2) is 36.7 Å². The molecule has 2 aromatic carbocycles. The molecular weight excluding hydrogens is 403 g/mol. The van der Waals surface area contributed by atoms with Crippen LogP contribution in [0.3, 0.4) is 0 Å². The first-order valence-corrected chi connectivity index (χ1v) is 9.22. The number of halogens is 1. The number of nitrogens with one attached hydrogen (secondary N) is 2. The molecule has 0 spiro atoms. The van der Waals surface area contributed by atoms with Crippen molar-refractivity contribution >= 4 is 22.8 Å². The van der Waals surface area contributed by atoms with Crippen LogP contribution in [0.25, 0.3) is 16.7 Å².